The van der Waals surface area contributed by atoms with Crippen LogP contribution in [0, 0.1) is 0 Å². The van der Waals surface area contributed by atoms with Crippen LogP contribution in [0.5, 0.6) is 0 Å². The summed E-state index contributed by atoms with van der Waals surface area (Å²) in [6.07, 6.45) is 3.95. The second-order valence-corrected chi connectivity index (χ2v) is 6.42. The largest absolute Gasteiger partial charge is 0.352 e. The molecule has 114 valence electrons. The molecule has 2 nitrogen and oxygen atoms in total. The minimum atomic E-state index is -0.134. The van der Waals surface area contributed by atoms with Crippen molar-refractivity contribution in [1.29, 1.82) is 0 Å². The molecule has 2 rings (SSSR count). The summed E-state index contributed by atoms with van der Waals surface area (Å²) in [7, 11) is 0. The Morgan fingerprint density at radius 3 is 2.73 bits per heavy atom. The minimum absolute atomic E-state index is 0.134. The van der Waals surface area contributed by atoms with Gasteiger partial charge in [0.1, 0.15) is 0 Å². The van der Waals surface area contributed by atoms with Gasteiger partial charge in [0.2, 0.25) is 5.91 Å². The van der Waals surface area contributed by atoms with Gasteiger partial charge in [-0.2, -0.15) is 0 Å². The average Bonchev–Trinajstić information content (AvgIpc) is 2.47. The van der Waals surface area contributed by atoms with Gasteiger partial charge in [-0.15, -0.1) is 0 Å². The second kappa shape index (κ2) is 8.37. The lowest BCUT2D eigenvalue weighted by molar-refractivity contribution is -0.116. The van der Waals surface area contributed by atoms with Crippen molar-refractivity contribution in [2.45, 2.75) is 6.42 Å². The van der Waals surface area contributed by atoms with Crippen molar-refractivity contribution in [3.05, 3.63) is 74.2 Å². The number of halogens is 3. The molecular weight excluding hydrogens is 385 g/mol. The van der Waals surface area contributed by atoms with E-state index in [-0.39, 0.29) is 5.91 Å². The third-order valence-corrected chi connectivity index (χ3v) is 4.06. The van der Waals surface area contributed by atoms with E-state index in [4.69, 9.17) is 23.2 Å². The van der Waals surface area contributed by atoms with Crippen molar-refractivity contribution in [2.24, 2.45) is 0 Å². The smallest absolute Gasteiger partial charge is 0.244 e. The van der Waals surface area contributed by atoms with Crippen LogP contribution < -0.4 is 5.32 Å². The summed E-state index contributed by atoms with van der Waals surface area (Å²) in [5.41, 5.74) is 1.92. The standard InChI is InChI=1S/C17H14BrCl2NO/c18-14-3-1-2-12(10-14)4-7-17(22)21-9-8-13-5-6-15(19)11-16(13)20/h1-7,10-11H,8-9H2,(H,21,22)/b7-4+. The molecule has 5 heteroatoms. The number of amides is 1. The molecule has 0 unspecified atom stereocenters. The van der Waals surface area contributed by atoms with Gasteiger partial charge in [0.05, 0.1) is 0 Å². The number of rotatable bonds is 5. The first-order valence-electron chi connectivity index (χ1n) is 6.70. The lowest BCUT2D eigenvalue weighted by atomic mass is 10.1. The van der Waals surface area contributed by atoms with Gasteiger partial charge in [0, 0.05) is 27.1 Å². The Kier molecular flexibility index (Phi) is 6.49. The number of carbonyl (C=O) groups is 1. The molecule has 0 saturated heterocycles. The number of hydrogen-bond acceptors (Lipinski definition) is 1. The summed E-state index contributed by atoms with van der Waals surface area (Å²) in [6.45, 7) is 0.517. The van der Waals surface area contributed by atoms with E-state index < -0.39 is 0 Å². The maximum atomic E-state index is 11.8. The van der Waals surface area contributed by atoms with Crippen LogP contribution in [0.25, 0.3) is 6.08 Å². The minimum Gasteiger partial charge on any atom is -0.352 e. The molecule has 0 heterocycles. The van der Waals surface area contributed by atoms with E-state index in [1.807, 2.05) is 30.3 Å². The van der Waals surface area contributed by atoms with Crippen LogP contribution in [-0.2, 0) is 11.2 Å². The van der Waals surface area contributed by atoms with Crippen LogP contribution in [0.3, 0.4) is 0 Å². The van der Waals surface area contributed by atoms with Gasteiger partial charge >= 0.3 is 0 Å². The summed E-state index contributed by atoms with van der Waals surface area (Å²) >= 11 is 15.3. The van der Waals surface area contributed by atoms with Gasteiger partial charge < -0.3 is 5.32 Å². The van der Waals surface area contributed by atoms with Crippen molar-refractivity contribution in [2.75, 3.05) is 6.54 Å². The van der Waals surface area contributed by atoms with Gasteiger partial charge in [-0.25, -0.2) is 0 Å². The first-order chi connectivity index (χ1) is 10.5. The SMILES string of the molecule is O=C(/C=C/c1cccc(Br)c1)NCCc1ccc(Cl)cc1Cl. The Morgan fingerprint density at radius 2 is 2.00 bits per heavy atom. The molecule has 22 heavy (non-hydrogen) atoms. The van der Waals surface area contributed by atoms with E-state index in [0.717, 1.165) is 15.6 Å². The van der Waals surface area contributed by atoms with E-state index in [9.17, 15) is 4.79 Å². The van der Waals surface area contributed by atoms with Crippen LogP contribution in [-0.4, -0.2) is 12.5 Å². The van der Waals surface area contributed by atoms with E-state index in [1.165, 1.54) is 6.08 Å². The Labute approximate surface area is 148 Å². The van der Waals surface area contributed by atoms with Gasteiger partial charge in [-0.3, -0.25) is 4.79 Å². The molecular formula is C17H14BrCl2NO. The highest BCUT2D eigenvalue weighted by Crippen LogP contribution is 2.21. The first kappa shape index (κ1) is 17.1. The van der Waals surface area contributed by atoms with Gasteiger partial charge in [-0.1, -0.05) is 57.3 Å². The highest BCUT2D eigenvalue weighted by atomic mass is 79.9. The molecule has 0 atom stereocenters. The molecule has 0 radical (unpaired) electrons. The molecule has 2 aromatic carbocycles. The van der Waals surface area contributed by atoms with E-state index in [1.54, 1.807) is 18.2 Å². The van der Waals surface area contributed by atoms with Crippen LogP contribution in [0.4, 0.5) is 0 Å². The Hall–Kier alpha value is -1.29. The predicted molar refractivity (Wildman–Crippen MR) is 96.4 cm³/mol. The van der Waals surface area contributed by atoms with Crippen molar-refractivity contribution >= 4 is 51.1 Å². The zero-order valence-electron chi connectivity index (χ0n) is 11.7. The molecule has 0 aliphatic heterocycles. The van der Waals surface area contributed by atoms with E-state index >= 15 is 0 Å². The van der Waals surface area contributed by atoms with Crippen LogP contribution in [0.1, 0.15) is 11.1 Å². The number of benzene rings is 2. The quantitative estimate of drug-likeness (QED) is 0.695. The number of carbonyl (C=O) groups excluding carboxylic acids is 1. The summed E-state index contributed by atoms with van der Waals surface area (Å²) in [5, 5.41) is 4.05. The third-order valence-electron chi connectivity index (χ3n) is 2.98. The monoisotopic (exact) mass is 397 g/mol. The highest BCUT2D eigenvalue weighted by Gasteiger charge is 2.02. The van der Waals surface area contributed by atoms with E-state index in [2.05, 4.69) is 21.2 Å². The highest BCUT2D eigenvalue weighted by molar-refractivity contribution is 9.10. The molecule has 2 aromatic rings. The van der Waals surface area contributed by atoms with Crippen molar-refractivity contribution < 1.29 is 4.79 Å². The van der Waals surface area contributed by atoms with Crippen LogP contribution in [0.2, 0.25) is 10.0 Å². The molecule has 0 fully saturated rings. The summed E-state index contributed by atoms with van der Waals surface area (Å²) in [6, 6.07) is 13.1. The maximum Gasteiger partial charge on any atom is 0.244 e. The van der Waals surface area contributed by atoms with Gasteiger partial charge in [0.15, 0.2) is 0 Å². The van der Waals surface area contributed by atoms with Gasteiger partial charge in [0.25, 0.3) is 0 Å². The molecule has 1 amide bonds. The lowest BCUT2D eigenvalue weighted by Gasteiger charge is -2.05. The Morgan fingerprint density at radius 1 is 1.18 bits per heavy atom. The fourth-order valence-corrected chi connectivity index (χ4v) is 2.81. The lowest BCUT2D eigenvalue weighted by Crippen LogP contribution is -2.23. The van der Waals surface area contributed by atoms with Crippen LogP contribution in [0.15, 0.2) is 53.0 Å². The topological polar surface area (TPSA) is 29.1 Å². The molecule has 0 aliphatic carbocycles. The maximum absolute atomic E-state index is 11.8. The normalized spacial score (nSPS) is 10.9. The summed E-state index contributed by atoms with van der Waals surface area (Å²) in [5.74, 6) is -0.134. The van der Waals surface area contributed by atoms with Crippen LogP contribution >= 0.6 is 39.1 Å². The molecule has 0 aromatic heterocycles. The average molecular weight is 399 g/mol. The fraction of sp³-hybridized carbons (Fsp3) is 0.118. The summed E-state index contributed by atoms with van der Waals surface area (Å²) in [4.78, 5) is 11.8. The van der Waals surface area contributed by atoms with Crippen molar-refractivity contribution in [1.82, 2.24) is 5.32 Å². The second-order valence-electron chi connectivity index (χ2n) is 4.67. The predicted octanol–water partition coefficient (Wildman–Crippen LogP) is 5.13. The molecule has 0 spiro atoms. The van der Waals surface area contributed by atoms with Crippen molar-refractivity contribution in [3.8, 4) is 0 Å². The summed E-state index contributed by atoms with van der Waals surface area (Å²) < 4.78 is 0.979. The molecule has 0 saturated carbocycles. The molecule has 1 N–H and O–H groups in total. The molecule has 0 bridgehead atoms. The van der Waals surface area contributed by atoms with E-state index in [0.29, 0.717) is 23.0 Å². The number of hydrogen-bond donors (Lipinski definition) is 1. The zero-order valence-corrected chi connectivity index (χ0v) is 14.8. The Bertz CT molecular complexity index is 701. The third kappa shape index (κ3) is 5.48. The van der Waals surface area contributed by atoms with Crippen molar-refractivity contribution in [3.63, 3.8) is 0 Å². The molecule has 0 aliphatic rings. The first-order valence-corrected chi connectivity index (χ1v) is 8.25. The zero-order chi connectivity index (χ0) is 15.9. The Balaban J connectivity index is 1.83. The fourth-order valence-electron chi connectivity index (χ4n) is 1.89. The van der Waals surface area contributed by atoms with Gasteiger partial charge in [-0.05, 0) is 47.9 Å². The number of nitrogens with one attached hydrogen (secondary N) is 1.